The number of hydrogen-bond donors (Lipinski definition) is 0. The second kappa shape index (κ2) is 9.66. The zero-order valence-corrected chi connectivity index (χ0v) is 9.73. The number of unbranched alkanes of at least 4 members (excludes halogenated alkanes) is 1. The highest BCUT2D eigenvalue weighted by atomic mass is 32.2. The summed E-state index contributed by atoms with van der Waals surface area (Å²) in [6, 6.07) is 10.6. The van der Waals surface area contributed by atoms with Gasteiger partial charge in [0, 0.05) is 4.90 Å². The molecule has 0 unspecified atom stereocenters. The fourth-order valence-corrected chi connectivity index (χ4v) is 1.87. The molecule has 0 heterocycles. The first-order chi connectivity index (χ1) is 6.43. The number of hydrogen-bond acceptors (Lipinski definition) is 1. The Kier molecular flexibility index (Phi) is 9.34. The number of thioether (sulfide) groups is 1. The second-order valence-corrected chi connectivity index (χ2v) is 3.68. The zero-order chi connectivity index (χ0) is 9.94. The maximum absolute atomic E-state index is 2.23. The van der Waals surface area contributed by atoms with Crippen LogP contribution in [0.25, 0.3) is 0 Å². The van der Waals surface area contributed by atoms with Gasteiger partial charge in [-0.05, 0) is 24.3 Å². The molecule has 0 atom stereocenters. The van der Waals surface area contributed by atoms with E-state index < -0.39 is 0 Å². The lowest BCUT2D eigenvalue weighted by Gasteiger charge is -1.98. The third-order valence-corrected chi connectivity index (χ3v) is 2.61. The molecule has 0 aromatic heterocycles. The predicted molar refractivity (Wildman–Crippen MR) is 63.4 cm³/mol. The Balaban J connectivity index is 0.000000671. The van der Waals surface area contributed by atoms with Crippen LogP contribution in [0.5, 0.6) is 0 Å². The van der Waals surface area contributed by atoms with E-state index in [1.54, 1.807) is 0 Å². The third kappa shape index (κ3) is 6.71. The van der Waals surface area contributed by atoms with Crippen molar-refractivity contribution in [1.29, 1.82) is 0 Å². The van der Waals surface area contributed by atoms with Gasteiger partial charge in [0.15, 0.2) is 0 Å². The molecule has 0 nitrogen and oxygen atoms in total. The van der Waals surface area contributed by atoms with Crippen molar-refractivity contribution in [1.82, 2.24) is 0 Å². The molecule has 1 rings (SSSR count). The van der Waals surface area contributed by atoms with Crippen LogP contribution >= 0.6 is 11.8 Å². The van der Waals surface area contributed by atoms with Gasteiger partial charge in [-0.25, -0.2) is 0 Å². The summed E-state index contributed by atoms with van der Waals surface area (Å²) in [7, 11) is 0. The van der Waals surface area contributed by atoms with Crippen LogP contribution in [0.2, 0.25) is 0 Å². The van der Waals surface area contributed by atoms with Crippen LogP contribution in [0.15, 0.2) is 35.2 Å². The van der Waals surface area contributed by atoms with Crippen LogP contribution in [0.3, 0.4) is 0 Å². The molecular weight excluding hydrogens is 176 g/mol. The molecule has 0 spiro atoms. The third-order valence-electron chi connectivity index (χ3n) is 1.51. The molecule has 0 aliphatic rings. The molecule has 0 fully saturated rings. The molecular formula is C12H20S. The Morgan fingerprint density at radius 2 is 1.69 bits per heavy atom. The van der Waals surface area contributed by atoms with E-state index in [9.17, 15) is 0 Å². The van der Waals surface area contributed by atoms with Gasteiger partial charge in [-0.2, -0.15) is 0 Å². The monoisotopic (exact) mass is 196 g/mol. The van der Waals surface area contributed by atoms with Crippen LogP contribution in [0, 0.1) is 0 Å². The normalized spacial score (nSPS) is 8.85. The second-order valence-electron chi connectivity index (χ2n) is 2.52. The summed E-state index contributed by atoms with van der Waals surface area (Å²) in [6.07, 6.45) is 2.61. The molecule has 1 heteroatoms. The Labute approximate surface area is 86.7 Å². The van der Waals surface area contributed by atoms with Crippen molar-refractivity contribution < 1.29 is 0 Å². The summed E-state index contributed by atoms with van der Waals surface area (Å²) in [5, 5.41) is 0. The van der Waals surface area contributed by atoms with Crippen LogP contribution in [0.1, 0.15) is 33.6 Å². The van der Waals surface area contributed by atoms with Crippen LogP contribution in [-0.4, -0.2) is 5.75 Å². The van der Waals surface area contributed by atoms with Crippen LogP contribution < -0.4 is 0 Å². The average Bonchev–Trinajstić information content (AvgIpc) is 2.23. The van der Waals surface area contributed by atoms with E-state index in [1.807, 2.05) is 25.6 Å². The molecule has 0 bridgehead atoms. The SMILES string of the molecule is CC.CCCCSc1ccccc1. The molecule has 1 aromatic rings. The minimum Gasteiger partial charge on any atom is -0.126 e. The summed E-state index contributed by atoms with van der Waals surface area (Å²) in [4.78, 5) is 1.39. The summed E-state index contributed by atoms with van der Waals surface area (Å²) >= 11 is 1.94. The highest BCUT2D eigenvalue weighted by Crippen LogP contribution is 2.17. The molecule has 13 heavy (non-hydrogen) atoms. The Hall–Kier alpha value is -0.430. The predicted octanol–water partition coefficient (Wildman–Crippen LogP) is 4.61. The summed E-state index contributed by atoms with van der Waals surface area (Å²) in [5.74, 6) is 1.25. The lowest BCUT2D eigenvalue weighted by Crippen LogP contribution is -1.76. The summed E-state index contributed by atoms with van der Waals surface area (Å²) in [5.41, 5.74) is 0. The average molecular weight is 196 g/mol. The minimum atomic E-state index is 1.25. The molecule has 0 N–H and O–H groups in total. The van der Waals surface area contributed by atoms with Gasteiger partial charge in [0.05, 0.1) is 0 Å². The van der Waals surface area contributed by atoms with Crippen LogP contribution in [-0.2, 0) is 0 Å². The highest BCUT2D eigenvalue weighted by Gasteiger charge is 1.89. The molecule has 0 saturated heterocycles. The molecule has 0 radical (unpaired) electrons. The van der Waals surface area contributed by atoms with Crippen molar-refractivity contribution in [2.45, 2.75) is 38.5 Å². The first kappa shape index (κ1) is 12.6. The lowest BCUT2D eigenvalue weighted by molar-refractivity contribution is 0.896. The number of rotatable bonds is 4. The van der Waals surface area contributed by atoms with Crippen molar-refractivity contribution in [3.8, 4) is 0 Å². The van der Waals surface area contributed by atoms with Gasteiger partial charge in [0.1, 0.15) is 0 Å². The van der Waals surface area contributed by atoms with E-state index in [0.29, 0.717) is 0 Å². The topological polar surface area (TPSA) is 0 Å². The fourth-order valence-electron chi connectivity index (χ4n) is 0.851. The summed E-state index contributed by atoms with van der Waals surface area (Å²) < 4.78 is 0. The van der Waals surface area contributed by atoms with E-state index in [-0.39, 0.29) is 0 Å². The first-order valence-corrected chi connectivity index (χ1v) is 6.10. The van der Waals surface area contributed by atoms with Crippen molar-refractivity contribution in [3.05, 3.63) is 30.3 Å². The number of benzene rings is 1. The van der Waals surface area contributed by atoms with E-state index in [1.165, 1.54) is 23.5 Å². The molecule has 1 aromatic carbocycles. The van der Waals surface area contributed by atoms with Gasteiger partial charge in [-0.3, -0.25) is 0 Å². The summed E-state index contributed by atoms with van der Waals surface area (Å²) in [6.45, 7) is 6.23. The van der Waals surface area contributed by atoms with E-state index in [2.05, 4.69) is 37.3 Å². The van der Waals surface area contributed by atoms with E-state index in [4.69, 9.17) is 0 Å². The van der Waals surface area contributed by atoms with Crippen molar-refractivity contribution in [2.24, 2.45) is 0 Å². The Morgan fingerprint density at radius 1 is 1.08 bits per heavy atom. The Morgan fingerprint density at radius 3 is 2.23 bits per heavy atom. The van der Waals surface area contributed by atoms with Crippen molar-refractivity contribution in [3.63, 3.8) is 0 Å². The molecule has 0 saturated carbocycles. The van der Waals surface area contributed by atoms with Crippen LogP contribution in [0.4, 0.5) is 0 Å². The van der Waals surface area contributed by atoms with Crippen molar-refractivity contribution in [2.75, 3.05) is 5.75 Å². The first-order valence-electron chi connectivity index (χ1n) is 5.11. The van der Waals surface area contributed by atoms with Gasteiger partial charge in [0.2, 0.25) is 0 Å². The zero-order valence-electron chi connectivity index (χ0n) is 8.92. The van der Waals surface area contributed by atoms with Gasteiger partial charge in [0.25, 0.3) is 0 Å². The molecule has 74 valence electrons. The Bertz CT molecular complexity index is 182. The smallest absolute Gasteiger partial charge is 0.00719 e. The lowest BCUT2D eigenvalue weighted by atomic mass is 10.4. The largest absolute Gasteiger partial charge is 0.126 e. The standard InChI is InChI=1S/C10H14S.C2H6/c1-2-3-9-11-10-7-5-4-6-8-10;1-2/h4-8H,2-3,9H2,1H3;1-2H3. The maximum Gasteiger partial charge on any atom is 0.00719 e. The van der Waals surface area contributed by atoms with Gasteiger partial charge < -0.3 is 0 Å². The molecule has 0 aliphatic heterocycles. The van der Waals surface area contributed by atoms with E-state index in [0.717, 1.165) is 0 Å². The van der Waals surface area contributed by atoms with Crippen molar-refractivity contribution >= 4 is 11.8 Å². The minimum absolute atomic E-state index is 1.25. The molecule has 0 amide bonds. The van der Waals surface area contributed by atoms with Gasteiger partial charge in [-0.15, -0.1) is 11.8 Å². The quantitative estimate of drug-likeness (QED) is 0.501. The maximum atomic E-state index is 2.23. The van der Waals surface area contributed by atoms with E-state index >= 15 is 0 Å². The molecule has 0 aliphatic carbocycles. The highest BCUT2D eigenvalue weighted by molar-refractivity contribution is 7.99. The van der Waals surface area contributed by atoms with Gasteiger partial charge >= 0.3 is 0 Å². The van der Waals surface area contributed by atoms with Gasteiger partial charge in [-0.1, -0.05) is 45.4 Å². The fraction of sp³-hybridized carbons (Fsp3) is 0.500.